The van der Waals surface area contributed by atoms with Gasteiger partial charge in [-0.25, -0.2) is 9.97 Å². The molecule has 0 bridgehead atoms. The molecule has 3 aromatic carbocycles. The van der Waals surface area contributed by atoms with Gasteiger partial charge in [0.2, 0.25) is 5.95 Å². The Labute approximate surface area is 305 Å². The van der Waals surface area contributed by atoms with Crippen molar-refractivity contribution in [2.24, 2.45) is 0 Å². The van der Waals surface area contributed by atoms with Gasteiger partial charge in [-0.15, -0.1) is 0 Å². The number of anilines is 3. The van der Waals surface area contributed by atoms with Crippen molar-refractivity contribution in [3.05, 3.63) is 131 Å². The zero-order valence-electron chi connectivity index (χ0n) is 29.8. The van der Waals surface area contributed by atoms with Gasteiger partial charge in [0, 0.05) is 112 Å². The van der Waals surface area contributed by atoms with Crippen LogP contribution < -0.4 is 10.6 Å². The second-order valence-corrected chi connectivity index (χ2v) is 13.7. The molecule has 7 rings (SSSR count). The van der Waals surface area contributed by atoms with Gasteiger partial charge >= 0.3 is 0 Å². The van der Waals surface area contributed by atoms with E-state index in [-0.39, 0.29) is 11.8 Å². The average Bonchev–Trinajstić information content (AvgIpc) is 3.18. The normalized spacial score (nSPS) is 15.7. The lowest BCUT2D eigenvalue weighted by Crippen LogP contribution is -2.48. The first kappa shape index (κ1) is 34.9. The molecule has 11 heteroatoms. The maximum atomic E-state index is 13.4. The van der Waals surface area contributed by atoms with Crippen molar-refractivity contribution >= 4 is 29.1 Å². The summed E-state index contributed by atoms with van der Waals surface area (Å²) in [4.78, 5) is 49.0. The first-order valence-corrected chi connectivity index (χ1v) is 17.9. The molecule has 0 unspecified atom stereocenters. The van der Waals surface area contributed by atoms with E-state index in [1.807, 2.05) is 84.6 Å². The van der Waals surface area contributed by atoms with Gasteiger partial charge in [0.05, 0.1) is 5.69 Å². The molecular formula is C41H45N9O2. The van der Waals surface area contributed by atoms with Crippen molar-refractivity contribution in [1.29, 1.82) is 0 Å². The number of aromatic nitrogens is 3. The Morgan fingerprint density at radius 1 is 0.731 bits per heavy atom. The number of carbonyl (C=O) groups excluding carboxylic acids is 2. The van der Waals surface area contributed by atoms with Crippen LogP contribution in [0.1, 0.15) is 37.4 Å². The van der Waals surface area contributed by atoms with Crippen LogP contribution in [0.25, 0.3) is 11.3 Å². The van der Waals surface area contributed by atoms with Crippen molar-refractivity contribution in [1.82, 2.24) is 34.6 Å². The molecular weight excluding hydrogens is 651 g/mol. The minimum absolute atomic E-state index is 0.0877. The average molecular weight is 696 g/mol. The summed E-state index contributed by atoms with van der Waals surface area (Å²) in [5.41, 5.74) is 7.76. The van der Waals surface area contributed by atoms with Gasteiger partial charge in [-0.1, -0.05) is 30.3 Å². The summed E-state index contributed by atoms with van der Waals surface area (Å²) in [6.07, 6.45) is 5.20. The molecule has 4 heterocycles. The van der Waals surface area contributed by atoms with Gasteiger partial charge in [0.1, 0.15) is 0 Å². The molecule has 0 saturated carbocycles. The van der Waals surface area contributed by atoms with Gasteiger partial charge in [-0.2, -0.15) is 0 Å². The standard InChI is InChI=1S/C41H45N9O2/c1-30-8-13-36(26-38(30)46-41-43-16-14-37(45-41)35-7-4-15-42-27-35)44-39(51)34-6-3-5-32(25-34)29-49-21-23-50(24-22-49)40(52)33-11-9-31(10-12-33)28-48-19-17-47(2)18-20-48/h3-16,25-27H,17-24,28-29H2,1-2H3,(H,44,51)(H,43,45,46). The highest BCUT2D eigenvalue weighted by atomic mass is 16.2. The number of rotatable bonds is 10. The molecule has 0 radical (unpaired) electrons. The predicted octanol–water partition coefficient (Wildman–Crippen LogP) is 5.55. The van der Waals surface area contributed by atoms with Crippen molar-refractivity contribution in [3.8, 4) is 11.3 Å². The van der Waals surface area contributed by atoms with Gasteiger partial charge in [0.25, 0.3) is 11.8 Å². The largest absolute Gasteiger partial charge is 0.336 e. The van der Waals surface area contributed by atoms with Crippen LogP contribution in [0.5, 0.6) is 0 Å². The number of hydrogen-bond donors (Lipinski definition) is 2. The van der Waals surface area contributed by atoms with Gasteiger partial charge in [0.15, 0.2) is 0 Å². The molecule has 2 aliphatic heterocycles. The number of hydrogen-bond acceptors (Lipinski definition) is 9. The zero-order chi connectivity index (χ0) is 35.9. The minimum atomic E-state index is -0.184. The maximum absolute atomic E-state index is 13.4. The number of piperazine rings is 2. The quantitative estimate of drug-likeness (QED) is 0.195. The lowest BCUT2D eigenvalue weighted by Gasteiger charge is -2.35. The summed E-state index contributed by atoms with van der Waals surface area (Å²) >= 11 is 0. The van der Waals surface area contributed by atoms with Crippen LogP contribution in [-0.4, -0.2) is 106 Å². The first-order valence-electron chi connectivity index (χ1n) is 17.9. The van der Waals surface area contributed by atoms with Gasteiger partial charge in [-0.3, -0.25) is 24.4 Å². The Kier molecular flexibility index (Phi) is 10.9. The van der Waals surface area contributed by atoms with E-state index in [1.54, 1.807) is 18.6 Å². The number of aryl methyl sites for hydroxylation is 1. The number of nitrogens with zero attached hydrogens (tertiary/aromatic N) is 7. The highest BCUT2D eigenvalue weighted by Gasteiger charge is 2.23. The summed E-state index contributed by atoms with van der Waals surface area (Å²) < 4.78 is 0. The Morgan fingerprint density at radius 2 is 1.48 bits per heavy atom. The molecule has 0 aliphatic carbocycles. The third-order valence-electron chi connectivity index (χ3n) is 9.81. The van der Waals surface area contributed by atoms with Crippen LogP contribution in [0.3, 0.4) is 0 Å². The Balaban J connectivity index is 0.909. The van der Waals surface area contributed by atoms with Crippen molar-refractivity contribution in [2.75, 3.05) is 70.0 Å². The first-order chi connectivity index (χ1) is 25.4. The highest BCUT2D eigenvalue weighted by molar-refractivity contribution is 6.04. The number of likely N-dealkylation sites (N-methyl/N-ethyl adjacent to an activating group) is 1. The third kappa shape index (κ3) is 8.86. The predicted molar refractivity (Wildman–Crippen MR) is 205 cm³/mol. The summed E-state index contributed by atoms with van der Waals surface area (Å²) in [5, 5.41) is 6.35. The number of pyridine rings is 1. The van der Waals surface area contributed by atoms with E-state index in [9.17, 15) is 9.59 Å². The van der Waals surface area contributed by atoms with E-state index in [1.165, 1.54) is 5.56 Å². The molecule has 2 aromatic heterocycles. The van der Waals surface area contributed by atoms with Crippen LogP contribution in [-0.2, 0) is 13.1 Å². The lowest BCUT2D eigenvalue weighted by atomic mass is 10.1. The smallest absolute Gasteiger partial charge is 0.255 e. The fraction of sp³-hybridized carbons (Fsp3) is 0.293. The van der Waals surface area contributed by atoms with E-state index < -0.39 is 0 Å². The lowest BCUT2D eigenvalue weighted by molar-refractivity contribution is 0.0628. The summed E-state index contributed by atoms with van der Waals surface area (Å²) in [7, 11) is 2.17. The summed E-state index contributed by atoms with van der Waals surface area (Å²) in [5.74, 6) is 0.359. The molecule has 0 spiro atoms. The number of benzene rings is 3. The van der Waals surface area contributed by atoms with Crippen LogP contribution >= 0.6 is 0 Å². The highest BCUT2D eigenvalue weighted by Crippen LogP contribution is 2.25. The Morgan fingerprint density at radius 3 is 2.23 bits per heavy atom. The van der Waals surface area contributed by atoms with Gasteiger partial charge < -0.3 is 20.4 Å². The topological polar surface area (TPSA) is 110 Å². The summed E-state index contributed by atoms with van der Waals surface area (Å²) in [6, 6.07) is 27.3. The molecule has 2 saturated heterocycles. The number of amides is 2. The van der Waals surface area contributed by atoms with E-state index in [0.29, 0.717) is 36.8 Å². The van der Waals surface area contributed by atoms with Crippen molar-refractivity contribution in [2.45, 2.75) is 20.0 Å². The van der Waals surface area contributed by atoms with Gasteiger partial charge in [-0.05, 0) is 85.3 Å². The van der Waals surface area contributed by atoms with Crippen LogP contribution in [0.4, 0.5) is 17.3 Å². The fourth-order valence-corrected chi connectivity index (χ4v) is 6.63. The van der Waals surface area contributed by atoms with Crippen LogP contribution in [0.2, 0.25) is 0 Å². The SMILES string of the molecule is Cc1ccc(NC(=O)c2cccc(CN3CCN(C(=O)c4ccc(CN5CCN(C)CC5)cc4)CC3)c2)cc1Nc1nccc(-c2cccnc2)n1. The molecule has 5 aromatic rings. The zero-order valence-corrected chi connectivity index (χ0v) is 29.8. The van der Waals surface area contributed by atoms with E-state index in [0.717, 1.165) is 79.4 Å². The monoisotopic (exact) mass is 695 g/mol. The van der Waals surface area contributed by atoms with Crippen LogP contribution in [0.15, 0.2) is 104 Å². The molecule has 2 aliphatic rings. The number of carbonyl (C=O) groups is 2. The van der Waals surface area contributed by atoms with Crippen molar-refractivity contribution in [3.63, 3.8) is 0 Å². The Hall–Kier alpha value is -5.49. The second kappa shape index (κ2) is 16.2. The molecule has 2 amide bonds. The minimum Gasteiger partial charge on any atom is -0.336 e. The van der Waals surface area contributed by atoms with Crippen molar-refractivity contribution < 1.29 is 9.59 Å². The molecule has 266 valence electrons. The molecule has 0 atom stereocenters. The molecule has 2 N–H and O–H groups in total. The Bertz CT molecular complexity index is 1990. The molecule has 52 heavy (non-hydrogen) atoms. The summed E-state index contributed by atoms with van der Waals surface area (Å²) in [6.45, 7) is 10.9. The number of nitrogens with one attached hydrogen (secondary N) is 2. The third-order valence-corrected chi connectivity index (χ3v) is 9.81. The van der Waals surface area contributed by atoms with E-state index >= 15 is 0 Å². The molecule has 2 fully saturated rings. The fourth-order valence-electron chi connectivity index (χ4n) is 6.63. The second-order valence-electron chi connectivity index (χ2n) is 13.7. The maximum Gasteiger partial charge on any atom is 0.255 e. The van der Waals surface area contributed by atoms with Crippen LogP contribution in [0, 0.1) is 6.92 Å². The molecule has 11 nitrogen and oxygen atoms in total. The van der Waals surface area contributed by atoms with E-state index in [4.69, 9.17) is 0 Å². The van der Waals surface area contributed by atoms with E-state index in [2.05, 4.69) is 59.5 Å².